The third-order valence-electron chi connectivity index (χ3n) is 4.14. The molecule has 0 bridgehead atoms. The van der Waals surface area contributed by atoms with E-state index >= 15 is 0 Å². The molecule has 0 fully saturated rings. The average Bonchev–Trinajstić information content (AvgIpc) is 3.02. The highest BCUT2D eigenvalue weighted by Gasteiger charge is 2.31. The van der Waals surface area contributed by atoms with E-state index in [1.807, 2.05) is 27.7 Å². The number of unbranched alkanes of at least 4 members (excludes halogenated alkanes) is 1. The Kier molecular flexibility index (Phi) is 16.8. The number of hydrazone groups is 1. The third kappa shape index (κ3) is 9.09. The monoisotopic (exact) mass is 348 g/mol. The van der Waals surface area contributed by atoms with E-state index in [1.165, 1.54) is 30.5 Å². The fourth-order valence-electron chi connectivity index (χ4n) is 2.53. The fraction of sp³-hybridized carbons (Fsp3) is 0.696. The molecule has 1 aromatic carbocycles. The molecule has 25 heavy (non-hydrogen) atoms. The van der Waals surface area contributed by atoms with Crippen molar-refractivity contribution in [1.29, 1.82) is 0 Å². The number of anilines is 1. The number of benzene rings is 1. The van der Waals surface area contributed by atoms with Crippen LogP contribution in [0.15, 0.2) is 29.4 Å². The van der Waals surface area contributed by atoms with Crippen LogP contribution in [-0.4, -0.2) is 12.3 Å². The van der Waals surface area contributed by atoms with Crippen LogP contribution in [0.25, 0.3) is 0 Å². The molecular formula is C23H44N2. The highest BCUT2D eigenvalue weighted by Crippen LogP contribution is 2.41. The van der Waals surface area contributed by atoms with Crippen LogP contribution >= 0.6 is 0 Å². The second kappa shape index (κ2) is 16.2. The zero-order chi connectivity index (χ0) is 19.8. The quantitative estimate of drug-likeness (QED) is 0.505. The van der Waals surface area contributed by atoms with E-state index in [0.29, 0.717) is 11.8 Å². The second-order valence-electron chi connectivity index (χ2n) is 6.18. The van der Waals surface area contributed by atoms with E-state index in [4.69, 9.17) is 0 Å². The molecule has 0 saturated heterocycles. The number of fused-ring (bicyclic) bond motifs is 1. The van der Waals surface area contributed by atoms with Crippen LogP contribution in [0.3, 0.4) is 0 Å². The van der Waals surface area contributed by atoms with Crippen molar-refractivity contribution in [3.8, 4) is 0 Å². The van der Waals surface area contributed by atoms with Crippen LogP contribution in [0.4, 0.5) is 5.69 Å². The summed E-state index contributed by atoms with van der Waals surface area (Å²) < 4.78 is 0. The Morgan fingerprint density at radius 2 is 1.56 bits per heavy atom. The first-order valence-corrected chi connectivity index (χ1v) is 10.4. The standard InChI is InChI=1S/C15H22N2.C4H10.2C2H6/c1-5-12(4)14-10-17(16-11(2)3)15-9-7-6-8-13(14)15;1-3-4-2;2*1-2/h6-9,12,14H,5,10H2,1-4H3;3-4H2,1-2H3;2*1-2H3. The van der Waals surface area contributed by atoms with Crippen molar-refractivity contribution in [1.82, 2.24) is 0 Å². The summed E-state index contributed by atoms with van der Waals surface area (Å²) >= 11 is 0. The maximum absolute atomic E-state index is 4.63. The van der Waals surface area contributed by atoms with Gasteiger partial charge in [-0.15, -0.1) is 0 Å². The van der Waals surface area contributed by atoms with Gasteiger partial charge in [0.1, 0.15) is 0 Å². The predicted molar refractivity (Wildman–Crippen MR) is 118 cm³/mol. The van der Waals surface area contributed by atoms with Gasteiger partial charge in [-0.1, -0.05) is 92.9 Å². The Balaban J connectivity index is 0. The van der Waals surface area contributed by atoms with Crippen LogP contribution in [0.1, 0.15) is 100.0 Å². The number of para-hydroxylation sites is 1. The van der Waals surface area contributed by atoms with E-state index < -0.39 is 0 Å². The topological polar surface area (TPSA) is 15.6 Å². The molecule has 1 heterocycles. The van der Waals surface area contributed by atoms with Gasteiger partial charge in [-0.25, -0.2) is 0 Å². The van der Waals surface area contributed by atoms with Crippen molar-refractivity contribution in [3.05, 3.63) is 29.8 Å². The molecule has 2 nitrogen and oxygen atoms in total. The van der Waals surface area contributed by atoms with Crippen molar-refractivity contribution in [2.45, 2.75) is 94.4 Å². The zero-order valence-corrected chi connectivity index (χ0v) is 18.7. The lowest BCUT2D eigenvalue weighted by Gasteiger charge is -2.18. The van der Waals surface area contributed by atoms with Gasteiger partial charge in [0.15, 0.2) is 0 Å². The van der Waals surface area contributed by atoms with Gasteiger partial charge in [0.25, 0.3) is 0 Å². The Labute approximate surface area is 158 Å². The van der Waals surface area contributed by atoms with Gasteiger partial charge in [0.2, 0.25) is 0 Å². The summed E-state index contributed by atoms with van der Waals surface area (Å²) in [5, 5.41) is 6.80. The number of nitrogens with zero attached hydrogens (tertiary/aromatic N) is 2. The summed E-state index contributed by atoms with van der Waals surface area (Å²) in [6.45, 7) is 22.1. The molecule has 0 aliphatic carbocycles. The van der Waals surface area contributed by atoms with E-state index in [0.717, 1.165) is 12.3 Å². The Hall–Kier alpha value is -1.31. The summed E-state index contributed by atoms with van der Waals surface area (Å²) in [4.78, 5) is 0. The van der Waals surface area contributed by atoms with Crippen molar-refractivity contribution >= 4 is 11.4 Å². The minimum atomic E-state index is 0.624. The smallest absolute Gasteiger partial charge is 0.0629 e. The van der Waals surface area contributed by atoms with E-state index in [9.17, 15) is 0 Å². The summed E-state index contributed by atoms with van der Waals surface area (Å²) in [5.41, 5.74) is 3.87. The summed E-state index contributed by atoms with van der Waals surface area (Å²) in [6.07, 6.45) is 3.86. The average molecular weight is 349 g/mol. The van der Waals surface area contributed by atoms with E-state index in [1.54, 1.807) is 0 Å². The molecule has 0 aromatic heterocycles. The highest BCUT2D eigenvalue weighted by molar-refractivity contribution is 5.80. The van der Waals surface area contributed by atoms with Gasteiger partial charge in [-0.2, -0.15) is 5.10 Å². The van der Waals surface area contributed by atoms with Crippen LogP contribution in [0, 0.1) is 5.92 Å². The van der Waals surface area contributed by atoms with Crippen LogP contribution in [-0.2, 0) is 0 Å². The van der Waals surface area contributed by atoms with Gasteiger partial charge >= 0.3 is 0 Å². The first kappa shape index (κ1) is 25.9. The molecule has 0 N–H and O–H groups in total. The number of hydrogen-bond donors (Lipinski definition) is 0. The molecule has 1 aliphatic rings. The molecule has 0 amide bonds. The lowest BCUT2D eigenvalue weighted by molar-refractivity contribution is 0.461. The fourth-order valence-corrected chi connectivity index (χ4v) is 2.53. The normalized spacial score (nSPS) is 15.3. The Bertz CT molecular complexity index is 445. The largest absolute Gasteiger partial charge is 0.265 e. The molecule has 0 spiro atoms. The molecule has 2 unspecified atom stereocenters. The first-order valence-electron chi connectivity index (χ1n) is 10.4. The number of hydrogen-bond acceptors (Lipinski definition) is 2. The molecule has 2 rings (SSSR count). The molecule has 0 radical (unpaired) electrons. The first-order chi connectivity index (χ1) is 12.0. The Morgan fingerprint density at radius 1 is 1.04 bits per heavy atom. The van der Waals surface area contributed by atoms with Crippen LogP contribution in [0.2, 0.25) is 0 Å². The molecule has 1 aromatic rings. The molecular weight excluding hydrogens is 304 g/mol. The van der Waals surface area contributed by atoms with Crippen molar-refractivity contribution in [3.63, 3.8) is 0 Å². The van der Waals surface area contributed by atoms with Gasteiger partial charge < -0.3 is 0 Å². The lowest BCUT2D eigenvalue weighted by Crippen LogP contribution is -2.19. The minimum Gasteiger partial charge on any atom is -0.265 e. The summed E-state index contributed by atoms with van der Waals surface area (Å²) in [7, 11) is 0. The minimum absolute atomic E-state index is 0.624. The van der Waals surface area contributed by atoms with Crippen molar-refractivity contribution in [2.75, 3.05) is 11.6 Å². The van der Waals surface area contributed by atoms with Gasteiger partial charge in [-0.3, -0.25) is 5.01 Å². The SMILES string of the molecule is CC.CC.CCC(C)C1CN(N=C(C)C)c2ccccc21.CCCC. The predicted octanol–water partition coefficient (Wildman–Crippen LogP) is 7.89. The molecule has 1 aliphatic heterocycles. The van der Waals surface area contributed by atoms with Crippen LogP contribution < -0.4 is 5.01 Å². The lowest BCUT2D eigenvalue weighted by atomic mass is 9.87. The molecule has 2 atom stereocenters. The van der Waals surface area contributed by atoms with Crippen LogP contribution in [0.5, 0.6) is 0 Å². The molecule has 0 saturated carbocycles. The zero-order valence-electron chi connectivity index (χ0n) is 18.7. The maximum atomic E-state index is 4.63. The van der Waals surface area contributed by atoms with Gasteiger partial charge in [0, 0.05) is 18.2 Å². The Morgan fingerprint density at radius 3 is 2.00 bits per heavy atom. The van der Waals surface area contributed by atoms with Gasteiger partial charge in [-0.05, 0) is 31.4 Å². The van der Waals surface area contributed by atoms with Crippen molar-refractivity contribution in [2.24, 2.45) is 11.0 Å². The summed E-state index contributed by atoms with van der Waals surface area (Å²) in [6, 6.07) is 8.68. The molecule has 2 heteroatoms. The third-order valence-corrected chi connectivity index (χ3v) is 4.14. The van der Waals surface area contributed by atoms with E-state index in [-0.39, 0.29) is 0 Å². The van der Waals surface area contributed by atoms with E-state index in [2.05, 4.69) is 75.9 Å². The highest BCUT2D eigenvalue weighted by atomic mass is 15.5. The molecule has 146 valence electrons. The number of rotatable bonds is 4. The maximum Gasteiger partial charge on any atom is 0.0629 e. The second-order valence-corrected chi connectivity index (χ2v) is 6.18. The van der Waals surface area contributed by atoms with Crippen molar-refractivity contribution < 1.29 is 0 Å². The summed E-state index contributed by atoms with van der Waals surface area (Å²) in [5.74, 6) is 1.34. The van der Waals surface area contributed by atoms with Gasteiger partial charge in [0.05, 0.1) is 5.69 Å².